The highest BCUT2D eigenvalue weighted by molar-refractivity contribution is 7.98. The predicted octanol–water partition coefficient (Wildman–Crippen LogP) is -0.592. The topological polar surface area (TPSA) is 206 Å². The quantitative estimate of drug-likeness (QED) is 0.0937. The Balaban J connectivity index is 2.11. The molecule has 1 saturated heterocycles. The van der Waals surface area contributed by atoms with Crippen molar-refractivity contribution in [2.45, 2.75) is 62.7 Å². The Morgan fingerprint density at radius 1 is 1.13 bits per heavy atom. The molecule has 0 saturated carbocycles. The maximum absolute atomic E-state index is 13.3. The van der Waals surface area contributed by atoms with E-state index in [-0.39, 0.29) is 24.7 Å². The Morgan fingerprint density at radius 2 is 1.84 bits per heavy atom. The number of carboxylic acid groups (broad SMARTS) is 1. The highest BCUT2D eigenvalue weighted by atomic mass is 32.2. The lowest BCUT2D eigenvalue weighted by Gasteiger charge is -2.28. The Kier molecular flexibility index (Phi) is 12.9. The van der Waals surface area contributed by atoms with Gasteiger partial charge < -0.3 is 37.8 Å². The molecule has 1 aromatic carbocycles. The molecular weight excluding hydrogens is 510 g/mol. The average Bonchev–Trinajstić information content (AvgIpc) is 3.38. The molecule has 0 aliphatic carbocycles. The number of carbonyl (C=O) groups excluding carboxylic acids is 3. The number of nitrogens with two attached hydrogens (primary N) is 3. The minimum absolute atomic E-state index is 0.0332. The van der Waals surface area contributed by atoms with Crippen molar-refractivity contribution in [2.75, 3.05) is 25.1 Å². The van der Waals surface area contributed by atoms with E-state index in [1.807, 2.05) is 36.6 Å². The summed E-state index contributed by atoms with van der Waals surface area (Å²) in [5.74, 6) is -2.04. The molecule has 3 amide bonds. The van der Waals surface area contributed by atoms with Crippen LogP contribution in [0.2, 0.25) is 0 Å². The number of aliphatic imine (C=N–C) groups is 1. The van der Waals surface area contributed by atoms with Gasteiger partial charge in [-0.25, -0.2) is 4.79 Å². The van der Waals surface area contributed by atoms with Gasteiger partial charge in [0.1, 0.15) is 18.1 Å². The second-order valence-electron chi connectivity index (χ2n) is 9.18. The standard InChI is InChI=1S/C25H39N7O5S/c1-38-14-11-18(24(36)37)30-21(33)19(15-16-7-3-2-4-8-16)31-22(34)20-10-6-13-32(20)23(35)17(26)9-5-12-29-25(27)28/h2-4,7-8,17-20H,5-6,9-15,26H2,1H3,(H,30,33)(H,31,34)(H,36,37)(H4,27,28,29). The van der Waals surface area contributed by atoms with Crippen LogP contribution in [0.15, 0.2) is 35.3 Å². The summed E-state index contributed by atoms with van der Waals surface area (Å²) >= 11 is 1.48. The van der Waals surface area contributed by atoms with Crippen molar-refractivity contribution in [3.8, 4) is 0 Å². The zero-order chi connectivity index (χ0) is 28.1. The first-order valence-electron chi connectivity index (χ1n) is 12.6. The Bertz CT molecular complexity index is 974. The van der Waals surface area contributed by atoms with Crippen molar-refractivity contribution in [3.63, 3.8) is 0 Å². The van der Waals surface area contributed by atoms with Crippen LogP contribution in [-0.4, -0.2) is 88.9 Å². The molecule has 12 nitrogen and oxygen atoms in total. The summed E-state index contributed by atoms with van der Waals surface area (Å²) in [6.45, 7) is 0.724. The first kappa shape index (κ1) is 30.9. The summed E-state index contributed by atoms with van der Waals surface area (Å²) in [5, 5.41) is 14.9. The summed E-state index contributed by atoms with van der Waals surface area (Å²) in [6.07, 6.45) is 4.18. The van der Waals surface area contributed by atoms with E-state index in [4.69, 9.17) is 17.2 Å². The molecule has 0 radical (unpaired) electrons. The molecule has 1 aromatic rings. The molecule has 2 rings (SSSR count). The molecule has 9 N–H and O–H groups in total. The van der Waals surface area contributed by atoms with E-state index in [1.165, 1.54) is 16.7 Å². The van der Waals surface area contributed by atoms with Gasteiger partial charge in [-0.05, 0) is 49.7 Å². The zero-order valence-electron chi connectivity index (χ0n) is 21.7. The monoisotopic (exact) mass is 549 g/mol. The van der Waals surface area contributed by atoms with Crippen LogP contribution in [0, 0.1) is 0 Å². The number of hydrogen-bond donors (Lipinski definition) is 6. The molecule has 0 spiro atoms. The van der Waals surface area contributed by atoms with Crippen LogP contribution in [-0.2, 0) is 25.6 Å². The molecule has 210 valence electrons. The van der Waals surface area contributed by atoms with Crippen LogP contribution in [0.25, 0.3) is 0 Å². The van der Waals surface area contributed by atoms with Crippen molar-refractivity contribution < 1.29 is 24.3 Å². The van der Waals surface area contributed by atoms with E-state index in [9.17, 15) is 24.3 Å². The van der Waals surface area contributed by atoms with Gasteiger partial charge in [0.05, 0.1) is 6.04 Å². The van der Waals surface area contributed by atoms with Gasteiger partial charge in [0.25, 0.3) is 0 Å². The van der Waals surface area contributed by atoms with E-state index < -0.39 is 42.0 Å². The van der Waals surface area contributed by atoms with Gasteiger partial charge in [0.15, 0.2) is 5.96 Å². The SMILES string of the molecule is CSCCC(NC(=O)C(Cc1ccccc1)NC(=O)C1CCCN1C(=O)C(N)CCCN=C(N)N)C(=O)O. The smallest absolute Gasteiger partial charge is 0.326 e. The summed E-state index contributed by atoms with van der Waals surface area (Å²) in [7, 11) is 0. The lowest BCUT2D eigenvalue weighted by Crippen LogP contribution is -2.57. The number of benzene rings is 1. The molecule has 1 fully saturated rings. The van der Waals surface area contributed by atoms with E-state index in [2.05, 4.69) is 15.6 Å². The zero-order valence-corrected chi connectivity index (χ0v) is 22.5. The molecular formula is C25H39N7O5S. The highest BCUT2D eigenvalue weighted by Crippen LogP contribution is 2.20. The van der Waals surface area contributed by atoms with Gasteiger partial charge in [-0.15, -0.1) is 0 Å². The number of thioether (sulfide) groups is 1. The number of likely N-dealkylation sites (tertiary alicyclic amines) is 1. The second-order valence-corrected chi connectivity index (χ2v) is 10.2. The van der Waals surface area contributed by atoms with Crippen LogP contribution >= 0.6 is 11.8 Å². The van der Waals surface area contributed by atoms with Gasteiger partial charge in [-0.1, -0.05) is 30.3 Å². The van der Waals surface area contributed by atoms with Crippen LogP contribution in [0.4, 0.5) is 0 Å². The fourth-order valence-corrected chi connectivity index (χ4v) is 4.72. The molecule has 1 heterocycles. The largest absolute Gasteiger partial charge is 0.480 e. The molecule has 4 atom stereocenters. The first-order chi connectivity index (χ1) is 18.1. The number of amides is 3. The molecule has 0 aromatic heterocycles. The third kappa shape index (κ3) is 9.86. The number of rotatable bonds is 15. The van der Waals surface area contributed by atoms with Crippen molar-refractivity contribution >= 4 is 41.4 Å². The molecule has 1 aliphatic rings. The Hall–Kier alpha value is -3.32. The van der Waals surface area contributed by atoms with E-state index >= 15 is 0 Å². The fourth-order valence-electron chi connectivity index (χ4n) is 4.25. The summed E-state index contributed by atoms with van der Waals surface area (Å²) in [6, 6.07) is 5.43. The van der Waals surface area contributed by atoms with E-state index in [1.54, 1.807) is 0 Å². The third-order valence-corrected chi connectivity index (χ3v) is 6.91. The minimum Gasteiger partial charge on any atom is -0.480 e. The normalized spacial score (nSPS) is 17.2. The second kappa shape index (κ2) is 15.8. The molecule has 1 aliphatic heterocycles. The number of nitrogens with one attached hydrogen (secondary N) is 2. The van der Waals surface area contributed by atoms with E-state index in [0.717, 1.165) is 5.56 Å². The van der Waals surface area contributed by atoms with E-state index in [0.29, 0.717) is 44.5 Å². The predicted molar refractivity (Wildman–Crippen MR) is 147 cm³/mol. The molecule has 4 unspecified atom stereocenters. The van der Waals surface area contributed by atoms with Crippen molar-refractivity contribution in [2.24, 2.45) is 22.2 Å². The van der Waals surface area contributed by atoms with Gasteiger partial charge >= 0.3 is 5.97 Å². The maximum Gasteiger partial charge on any atom is 0.326 e. The minimum atomic E-state index is -1.14. The van der Waals surface area contributed by atoms with Crippen LogP contribution in [0.3, 0.4) is 0 Å². The lowest BCUT2D eigenvalue weighted by atomic mass is 10.0. The number of guanidine groups is 1. The number of aliphatic carboxylic acids is 1. The van der Waals surface area contributed by atoms with Gasteiger partial charge in [0, 0.05) is 19.5 Å². The van der Waals surface area contributed by atoms with Gasteiger partial charge in [-0.2, -0.15) is 11.8 Å². The van der Waals surface area contributed by atoms with Crippen molar-refractivity contribution in [3.05, 3.63) is 35.9 Å². The average molecular weight is 550 g/mol. The lowest BCUT2D eigenvalue weighted by molar-refractivity contribution is -0.143. The Labute approximate surface area is 227 Å². The number of carbonyl (C=O) groups is 4. The van der Waals surface area contributed by atoms with Crippen molar-refractivity contribution in [1.29, 1.82) is 0 Å². The first-order valence-corrected chi connectivity index (χ1v) is 14.0. The van der Waals surface area contributed by atoms with Crippen LogP contribution in [0.5, 0.6) is 0 Å². The maximum atomic E-state index is 13.3. The summed E-state index contributed by atoms with van der Waals surface area (Å²) < 4.78 is 0. The molecule has 13 heteroatoms. The van der Waals surface area contributed by atoms with Crippen LogP contribution in [0.1, 0.15) is 37.7 Å². The molecule has 0 bridgehead atoms. The fraction of sp³-hybridized carbons (Fsp3) is 0.560. The van der Waals surface area contributed by atoms with Crippen molar-refractivity contribution in [1.82, 2.24) is 15.5 Å². The number of hydrogen-bond acceptors (Lipinski definition) is 7. The third-order valence-electron chi connectivity index (χ3n) is 6.26. The summed E-state index contributed by atoms with van der Waals surface area (Å²) in [5.41, 5.74) is 17.5. The number of carboxylic acids is 1. The van der Waals surface area contributed by atoms with Gasteiger partial charge in [0.2, 0.25) is 17.7 Å². The van der Waals surface area contributed by atoms with Crippen LogP contribution < -0.4 is 27.8 Å². The summed E-state index contributed by atoms with van der Waals surface area (Å²) in [4.78, 5) is 56.5. The van der Waals surface area contributed by atoms with Gasteiger partial charge in [-0.3, -0.25) is 19.4 Å². The Morgan fingerprint density at radius 3 is 2.47 bits per heavy atom. The highest BCUT2D eigenvalue weighted by Gasteiger charge is 2.37. The molecule has 38 heavy (non-hydrogen) atoms. The number of nitrogens with zero attached hydrogens (tertiary/aromatic N) is 2.